The Morgan fingerprint density at radius 1 is 1.13 bits per heavy atom. The molecule has 1 aromatic heterocycles. The van der Waals surface area contributed by atoms with E-state index in [1.165, 1.54) is 17.6 Å². The zero-order valence-electron chi connectivity index (χ0n) is 22.3. The highest BCUT2D eigenvalue weighted by atomic mass is 79.9. The van der Waals surface area contributed by atoms with E-state index in [4.69, 9.17) is 4.74 Å². The number of hydrogen-bond acceptors (Lipinski definition) is 5. The van der Waals surface area contributed by atoms with Gasteiger partial charge in [0.1, 0.15) is 5.75 Å². The summed E-state index contributed by atoms with van der Waals surface area (Å²) < 4.78 is 7.27. The number of likely N-dealkylation sites (tertiary alicyclic amines) is 1. The molecule has 0 radical (unpaired) electrons. The van der Waals surface area contributed by atoms with Gasteiger partial charge in [0.05, 0.1) is 30.2 Å². The number of carbonyl (C=O) groups excluding carboxylic acids is 2. The lowest BCUT2D eigenvalue weighted by Crippen LogP contribution is -2.42. The summed E-state index contributed by atoms with van der Waals surface area (Å²) in [5.41, 5.74) is 5.04. The lowest BCUT2D eigenvalue weighted by atomic mass is 9.70. The summed E-state index contributed by atoms with van der Waals surface area (Å²) >= 11 is 3.50. The number of hydrogen-bond donors (Lipinski definition) is 1. The van der Waals surface area contributed by atoms with Crippen LogP contribution < -0.4 is 0 Å². The zero-order chi connectivity index (χ0) is 27.1. The number of amides is 2. The largest absolute Gasteiger partial charge is 0.507 e. The second-order valence-corrected chi connectivity index (χ2v) is 12.4. The van der Waals surface area contributed by atoms with Gasteiger partial charge in [-0.05, 0) is 86.6 Å². The zero-order valence-corrected chi connectivity index (χ0v) is 23.9. The number of benzene rings is 1. The SMILES string of the molecule is CC1=C2[C@@H](CC/C(=C/c3cc(Br)ccc3O)c3ccccn3)OC[C@@H]2[C@@H]2C(=O)N(C3CCCCC3)C(=O)[C@@H]2C1. The van der Waals surface area contributed by atoms with Gasteiger partial charge in [0.15, 0.2) is 0 Å². The summed E-state index contributed by atoms with van der Waals surface area (Å²) in [5, 5.41) is 10.5. The number of carbonyl (C=O) groups is 2. The first-order valence-electron chi connectivity index (χ1n) is 14.2. The topological polar surface area (TPSA) is 79.7 Å². The van der Waals surface area contributed by atoms with E-state index in [0.717, 1.165) is 53.4 Å². The molecule has 1 saturated carbocycles. The molecule has 0 bridgehead atoms. The molecule has 0 spiro atoms. The van der Waals surface area contributed by atoms with Gasteiger partial charge in [-0.25, -0.2) is 0 Å². The molecule has 7 heteroatoms. The average molecular weight is 592 g/mol. The van der Waals surface area contributed by atoms with Crippen molar-refractivity contribution in [3.05, 3.63) is 69.5 Å². The molecule has 0 unspecified atom stereocenters. The molecule has 6 rings (SSSR count). The number of phenolic OH excluding ortho intramolecular Hbond substituents is 1. The summed E-state index contributed by atoms with van der Waals surface area (Å²) in [6, 6.07) is 11.3. The van der Waals surface area contributed by atoms with Gasteiger partial charge in [0.25, 0.3) is 0 Å². The van der Waals surface area contributed by atoms with E-state index in [-0.39, 0.29) is 47.5 Å². The number of ether oxygens (including phenoxy) is 1. The number of allylic oxidation sites excluding steroid dienone is 2. The van der Waals surface area contributed by atoms with Crippen LogP contribution in [0.25, 0.3) is 11.6 Å². The van der Waals surface area contributed by atoms with E-state index >= 15 is 0 Å². The van der Waals surface area contributed by atoms with E-state index in [0.29, 0.717) is 19.4 Å². The molecule has 2 amide bonds. The maximum atomic E-state index is 13.7. The van der Waals surface area contributed by atoms with Gasteiger partial charge in [-0.15, -0.1) is 0 Å². The van der Waals surface area contributed by atoms with Crippen molar-refractivity contribution >= 4 is 39.4 Å². The molecule has 39 heavy (non-hydrogen) atoms. The van der Waals surface area contributed by atoms with Crippen LogP contribution in [0.3, 0.4) is 0 Å². The predicted octanol–water partition coefficient (Wildman–Crippen LogP) is 6.54. The molecule has 2 aliphatic heterocycles. The van der Waals surface area contributed by atoms with Crippen LogP contribution in [0.15, 0.2) is 58.2 Å². The molecular formula is C32H35BrN2O4. The Morgan fingerprint density at radius 2 is 1.95 bits per heavy atom. The van der Waals surface area contributed by atoms with Crippen LogP contribution in [0.2, 0.25) is 0 Å². The lowest BCUT2D eigenvalue weighted by Gasteiger charge is -2.31. The molecule has 2 aliphatic carbocycles. The van der Waals surface area contributed by atoms with Gasteiger partial charge in [0.2, 0.25) is 11.8 Å². The van der Waals surface area contributed by atoms with E-state index < -0.39 is 0 Å². The van der Waals surface area contributed by atoms with Gasteiger partial charge >= 0.3 is 0 Å². The number of nitrogens with zero attached hydrogens (tertiary/aromatic N) is 2. The Labute approximate surface area is 238 Å². The van der Waals surface area contributed by atoms with Crippen LogP contribution >= 0.6 is 15.9 Å². The minimum atomic E-state index is -0.285. The van der Waals surface area contributed by atoms with Crippen molar-refractivity contribution in [3.8, 4) is 5.75 Å². The van der Waals surface area contributed by atoms with E-state index in [1.54, 1.807) is 17.2 Å². The fourth-order valence-electron chi connectivity index (χ4n) is 7.29. The molecule has 2 saturated heterocycles. The lowest BCUT2D eigenvalue weighted by molar-refractivity contribution is -0.143. The second kappa shape index (κ2) is 11.0. The molecule has 4 atom stereocenters. The number of fused-ring (bicyclic) bond motifs is 3. The van der Waals surface area contributed by atoms with Crippen molar-refractivity contribution in [1.29, 1.82) is 0 Å². The molecule has 3 fully saturated rings. The van der Waals surface area contributed by atoms with Gasteiger partial charge in [0, 0.05) is 28.2 Å². The highest BCUT2D eigenvalue weighted by Gasteiger charge is 2.57. The monoisotopic (exact) mass is 590 g/mol. The molecule has 204 valence electrons. The number of aromatic hydroxyl groups is 1. The van der Waals surface area contributed by atoms with Gasteiger partial charge in [-0.3, -0.25) is 19.5 Å². The molecule has 4 aliphatic rings. The van der Waals surface area contributed by atoms with Crippen molar-refractivity contribution in [3.63, 3.8) is 0 Å². The fourth-order valence-corrected chi connectivity index (χ4v) is 7.67. The quantitative estimate of drug-likeness (QED) is 0.305. The summed E-state index contributed by atoms with van der Waals surface area (Å²) in [6.45, 7) is 2.61. The van der Waals surface area contributed by atoms with Gasteiger partial charge in [-0.2, -0.15) is 0 Å². The van der Waals surface area contributed by atoms with Crippen molar-refractivity contribution in [2.24, 2.45) is 17.8 Å². The average Bonchev–Trinajstić information content (AvgIpc) is 3.48. The van der Waals surface area contributed by atoms with Crippen LogP contribution in [-0.2, 0) is 14.3 Å². The third-order valence-corrected chi connectivity index (χ3v) is 9.61. The summed E-state index contributed by atoms with van der Waals surface area (Å²) in [7, 11) is 0. The summed E-state index contributed by atoms with van der Waals surface area (Å²) in [5.74, 6) is -0.238. The highest BCUT2D eigenvalue weighted by molar-refractivity contribution is 9.10. The smallest absolute Gasteiger partial charge is 0.234 e. The van der Waals surface area contributed by atoms with Crippen LogP contribution in [-0.4, -0.2) is 45.6 Å². The first-order chi connectivity index (χ1) is 18.9. The number of imide groups is 1. The summed E-state index contributed by atoms with van der Waals surface area (Å²) in [4.78, 5) is 33.4. The van der Waals surface area contributed by atoms with Crippen molar-refractivity contribution in [1.82, 2.24) is 9.88 Å². The minimum absolute atomic E-state index is 0.0183. The molecule has 1 N–H and O–H groups in total. The van der Waals surface area contributed by atoms with E-state index in [1.807, 2.05) is 36.4 Å². The maximum Gasteiger partial charge on any atom is 0.234 e. The highest BCUT2D eigenvalue weighted by Crippen LogP contribution is 2.50. The van der Waals surface area contributed by atoms with E-state index in [9.17, 15) is 14.7 Å². The number of phenols is 1. The standard InChI is InChI=1S/C32H35BrN2O4/c1-19-15-24-30(32(38)35(31(24)37)23-7-3-2-4-8-23)25-18-39-28(29(19)25)13-10-20(26-9-5-6-14-34-26)16-21-17-22(33)11-12-27(21)36/h5-6,9,11-12,14,16-17,23-25,28,30,36H,2-4,7-8,10,13,15,18H2,1H3/b20-16-/t24-,25+,28-,30-/m1/s1. The minimum Gasteiger partial charge on any atom is -0.507 e. The van der Waals surface area contributed by atoms with Crippen LogP contribution in [0.4, 0.5) is 0 Å². The normalized spacial score (nSPS) is 27.7. The number of pyridine rings is 1. The Bertz CT molecular complexity index is 1330. The third-order valence-electron chi connectivity index (χ3n) is 9.12. The van der Waals surface area contributed by atoms with Gasteiger partial charge in [-0.1, -0.05) is 46.8 Å². The van der Waals surface area contributed by atoms with Crippen LogP contribution in [0.5, 0.6) is 5.75 Å². The molecule has 6 nitrogen and oxygen atoms in total. The van der Waals surface area contributed by atoms with Crippen LogP contribution in [0.1, 0.15) is 69.5 Å². The Kier molecular flexibility index (Phi) is 7.47. The first-order valence-corrected chi connectivity index (χ1v) is 15.0. The van der Waals surface area contributed by atoms with Crippen molar-refractivity contribution < 1.29 is 19.4 Å². The Hall–Kier alpha value is -2.77. The number of rotatable bonds is 6. The van der Waals surface area contributed by atoms with Crippen molar-refractivity contribution in [2.45, 2.75) is 70.4 Å². The molecule has 2 aromatic rings. The number of aromatic nitrogens is 1. The van der Waals surface area contributed by atoms with Gasteiger partial charge < -0.3 is 9.84 Å². The number of halogens is 1. The Morgan fingerprint density at radius 3 is 2.72 bits per heavy atom. The predicted molar refractivity (Wildman–Crippen MR) is 153 cm³/mol. The fraction of sp³-hybridized carbons (Fsp3) is 0.469. The third kappa shape index (κ3) is 5.00. The molecular weight excluding hydrogens is 556 g/mol. The summed E-state index contributed by atoms with van der Waals surface area (Å²) in [6.07, 6.45) is 11.0. The maximum absolute atomic E-state index is 13.7. The molecule has 1 aromatic carbocycles. The van der Waals surface area contributed by atoms with Crippen molar-refractivity contribution in [2.75, 3.05) is 6.61 Å². The first kappa shape index (κ1) is 26.5. The second-order valence-electron chi connectivity index (χ2n) is 11.5. The van der Waals surface area contributed by atoms with E-state index in [2.05, 4.69) is 27.8 Å². The Balaban J connectivity index is 1.23. The molecule has 3 heterocycles. The van der Waals surface area contributed by atoms with Crippen LogP contribution in [0, 0.1) is 17.8 Å².